The van der Waals surface area contributed by atoms with Gasteiger partial charge in [0.2, 0.25) is 0 Å². The van der Waals surface area contributed by atoms with E-state index < -0.39 is 0 Å². The monoisotopic (exact) mass is 346 g/mol. The molecule has 2 atom stereocenters. The molecular weight excluding hydrogens is 324 g/mol. The molecule has 134 valence electrons. The van der Waals surface area contributed by atoms with Crippen LogP contribution >= 0.6 is 0 Å². The normalized spacial score (nSPS) is 23.3. The Morgan fingerprint density at radius 3 is 2.72 bits per heavy atom. The van der Waals surface area contributed by atoms with E-state index in [1.54, 1.807) is 0 Å². The maximum atomic E-state index is 8.36. The number of carbonyl (C=O) groups is 1. The van der Waals surface area contributed by atoms with E-state index in [0.717, 1.165) is 44.5 Å². The molecule has 2 bridgehead atoms. The van der Waals surface area contributed by atoms with Gasteiger partial charge in [-0.3, -0.25) is 4.79 Å². The van der Waals surface area contributed by atoms with E-state index in [0.29, 0.717) is 5.92 Å². The molecule has 25 heavy (non-hydrogen) atoms. The molecule has 9 nitrogen and oxygen atoms in total. The molecular formula is C16H22N6O3. The molecule has 3 heterocycles. The first kappa shape index (κ1) is 17.3. The lowest BCUT2D eigenvalue weighted by atomic mass is 10.1. The zero-order valence-corrected chi connectivity index (χ0v) is 14.1. The largest absolute Gasteiger partial charge is 0.483 e. The first-order valence-electron chi connectivity index (χ1n) is 8.17. The highest BCUT2D eigenvalue weighted by atomic mass is 16.5. The van der Waals surface area contributed by atoms with Crippen molar-refractivity contribution >= 4 is 12.4 Å². The minimum atomic E-state index is -0.250. The van der Waals surface area contributed by atoms with Crippen LogP contribution in [-0.2, 0) is 9.53 Å². The number of likely N-dealkylation sites (N-methyl/N-ethyl adjacent to an activating group) is 1. The van der Waals surface area contributed by atoms with Gasteiger partial charge in [0, 0.05) is 25.6 Å². The van der Waals surface area contributed by atoms with Crippen molar-refractivity contribution in [3.05, 3.63) is 30.3 Å². The van der Waals surface area contributed by atoms with Crippen LogP contribution in [0.2, 0.25) is 0 Å². The predicted molar refractivity (Wildman–Crippen MR) is 90.8 cm³/mol. The van der Waals surface area contributed by atoms with Gasteiger partial charge in [-0.2, -0.15) is 4.68 Å². The number of aromatic nitrogens is 4. The maximum Gasteiger partial charge on any atom is 0.290 e. The van der Waals surface area contributed by atoms with Crippen LogP contribution in [0, 0.1) is 5.92 Å². The molecule has 0 unspecified atom stereocenters. The fourth-order valence-electron chi connectivity index (χ4n) is 3.42. The number of anilines is 1. The summed E-state index contributed by atoms with van der Waals surface area (Å²) in [5.74, 6) is 1.29. The van der Waals surface area contributed by atoms with Crippen molar-refractivity contribution in [2.75, 3.05) is 44.8 Å². The van der Waals surface area contributed by atoms with Crippen molar-refractivity contribution in [1.29, 1.82) is 0 Å². The van der Waals surface area contributed by atoms with Gasteiger partial charge in [-0.25, -0.2) is 0 Å². The minimum Gasteiger partial charge on any atom is -0.483 e. The van der Waals surface area contributed by atoms with E-state index in [-0.39, 0.29) is 12.5 Å². The molecule has 0 amide bonds. The van der Waals surface area contributed by atoms with E-state index in [2.05, 4.69) is 32.4 Å². The van der Waals surface area contributed by atoms with Gasteiger partial charge in [0.25, 0.3) is 12.4 Å². The molecule has 0 aliphatic carbocycles. The molecule has 1 N–H and O–H groups in total. The third kappa shape index (κ3) is 3.94. The first-order valence-corrected chi connectivity index (χ1v) is 8.17. The van der Waals surface area contributed by atoms with Crippen molar-refractivity contribution in [3.8, 4) is 5.69 Å². The van der Waals surface area contributed by atoms with Gasteiger partial charge in [-0.1, -0.05) is 23.3 Å². The van der Waals surface area contributed by atoms with Crippen LogP contribution in [0.15, 0.2) is 30.3 Å². The van der Waals surface area contributed by atoms with E-state index >= 15 is 0 Å². The summed E-state index contributed by atoms with van der Waals surface area (Å²) >= 11 is 0. The molecule has 2 fully saturated rings. The van der Waals surface area contributed by atoms with Crippen LogP contribution in [0.3, 0.4) is 0 Å². The average Bonchev–Trinajstić information content (AvgIpc) is 2.93. The van der Waals surface area contributed by atoms with Crippen LogP contribution in [0.25, 0.3) is 5.69 Å². The van der Waals surface area contributed by atoms with Crippen molar-refractivity contribution in [3.63, 3.8) is 0 Å². The van der Waals surface area contributed by atoms with E-state index in [4.69, 9.17) is 14.6 Å². The molecule has 1 aromatic heterocycles. The number of benzene rings is 1. The van der Waals surface area contributed by atoms with Crippen LogP contribution in [0.1, 0.15) is 0 Å². The Kier molecular flexibility index (Phi) is 5.56. The van der Waals surface area contributed by atoms with E-state index in [1.165, 1.54) is 0 Å². The van der Waals surface area contributed by atoms with E-state index in [1.807, 2.05) is 35.0 Å². The summed E-state index contributed by atoms with van der Waals surface area (Å²) < 4.78 is 7.66. The summed E-state index contributed by atoms with van der Waals surface area (Å²) in [6.45, 7) is 4.24. The molecule has 0 saturated carbocycles. The molecule has 0 spiro atoms. The second-order valence-electron chi connectivity index (χ2n) is 6.26. The predicted octanol–water partition coefficient (Wildman–Crippen LogP) is 0.130. The van der Waals surface area contributed by atoms with Crippen molar-refractivity contribution in [2.24, 2.45) is 5.92 Å². The third-order valence-corrected chi connectivity index (χ3v) is 4.36. The van der Waals surface area contributed by atoms with E-state index in [9.17, 15) is 0 Å². The van der Waals surface area contributed by atoms with Crippen LogP contribution < -0.4 is 4.90 Å². The Morgan fingerprint density at radius 1 is 1.20 bits per heavy atom. The Morgan fingerprint density at radius 2 is 1.96 bits per heavy atom. The number of ether oxygens (including phenoxy) is 1. The second-order valence-corrected chi connectivity index (χ2v) is 6.26. The number of nitrogens with zero attached hydrogens (tertiary/aromatic N) is 6. The molecule has 9 heteroatoms. The lowest BCUT2D eigenvalue weighted by Crippen LogP contribution is -2.44. The number of tetrazole rings is 1. The number of carboxylic acid groups (broad SMARTS) is 1. The van der Waals surface area contributed by atoms with Gasteiger partial charge < -0.3 is 19.6 Å². The molecule has 2 aliphatic rings. The smallest absolute Gasteiger partial charge is 0.290 e. The second kappa shape index (κ2) is 8.04. The topological polar surface area (TPSA) is 96.6 Å². The third-order valence-electron chi connectivity index (χ3n) is 4.36. The maximum absolute atomic E-state index is 8.36. The minimum absolute atomic E-state index is 0.250. The van der Waals surface area contributed by atoms with Gasteiger partial charge >= 0.3 is 0 Å². The molecule has 4 rings (SSSR count). The lowest BCUT2D eigenvalue weighted by Gasteiger charge is -2.29. The molecule has 2 saturated heterocycles. The zero-order chi connectivity index (χ0) is 17.6. The molecule has 0 radical (unpaired) electrons. The van der Waals surface area contributed by atoms with Crippen molar-refractivity contribution in [2.45, 2.75) is 6.04 Å². The van der Waals surface area contributed by atoms with Crippen molar-refractivity contribution in [1.82, 2.24) is 25.1 Å². The quantitative estimate of drug-likeness (QED) is 0.767. The summed E-state index contributed by atoms with van der Waals surface area (Å²) in [6, 6.07) is 10.3. The first-order chi connectivity index (χ1) is 12.2. The SMILES string of the molecule is CN1C[C@@H]2COC[C@H](C1)N(c1nnnn1-c1ccccc1)C2.O=CO. The Bertz CT molecular complexity index is 680. The number of rotatable bonds is 2. The lowest BCUT2D eigenvalue weighted by molar-refractivity contribution is -0.122. The van der Waals surface area contributed by atoms with Crippen LogP contribution in [0.4, 0.5) is 5.95 Å². The van der Waals surface area contributed by atoms with Gasteiger partial charge in [0.1, 0.15) is 0 Å². The highest BCUT2D eigenvalue weighted by molar-refractivity contribution is 5.42. The summed E-state index contributed by atoms with van der Waals surface area (Å²) in [7, 11) is 2.18. The van der Waals surface area contributed by atoms with Crippen LogP contribution in [0.5, 0.6) is 0 Å². The standard InChI is InChI=1S/C15H20N6O.CH2O2/c1-19-7-12-8-20(14(9-19)11-22-10-12)15-16-17-18-21(15)13-5-3-2-4-6-13;2-1-3/h2-6,12,14H,7-11H2,1H3;1H,(H,2,3)/t12-,14-;/m0./s1. The van der Waals surface area contributed by atoms with Gasteiger partial charge in [-0.15, -0.1) is 0 Å². The van der Waals surface area contributed by atoms with Crippen LogP contribution in [-0.4, -0.2) is 82.6 Å². The number of hydrogen-bond donors (Lipinski definition) is 1. The number of para-hydroxylation sites is 1. The highest BCUT2D eigenvalue weighted by Gasteiger charge is 2.34. The Labute approximate surface area is 145 Å². The summed E-state index contributed by atoms with van der Waals surface area (Å²) in [5, 5.41) is 19.3. The molecule has 2 aliphatic heterocycles. The molecule has 1 aromatic carbocycles. The summed E-state index contributed by atoms with van der Waals surface area (Å²) in [5.41, 5.74) is 0.982. The average molecular weight is 346 g/mol. The molecule has 2 aromatic rings. The van der Waals surface area contributed by atoms with Crippen molar-refractivity contribution < 1.29 is 14.6 Å². The van der Waals surface area contributed by atoms with Gasteiger partial charge in [0.15, 0.2) is 0 Å². The highest BCUT2D eigenvalue weighted by Crippen LogP contribution is 2.24. The van der Waals surface area contributed by atoms with Gasteiger partial charge in [-0.05, 0) is 29.6 Å². The Balaban J connectivity index is 0.000000569. The Hall–Kier alpha value is -2.52. The fraction of sp³-hybridized carbons (Fsp3) is 0.500. The number of fused-ring (bicyclic) bond motifs is 3. The van der Waals surface area contributed by atoms with Gasteiger partial charge in [0.05, 0.1) is 24.9 Å². The fourth-order valence-corrected chi connectivity index (χ4v) is 3.42. The summed E-state index contributed by atoms with van der Waals surface area (Å²) in [4.78, 5) is 13.1. The number of hydrogen-bond acceptors (Lipinski definition) is 7. The summed E-state index contributed by atoms with van der Waals surface area (Å²) in [6.07, 6.45) is 0. The zero-order valence-electron chi connectivity index (χ0n) is 14.1.